The van der Waals surface area contributed by atoms with Crippen LogP contribution in [0.4, 0.5) is 11.6 Å². The van der Waals surface area contributed by atoms with Crippen molar-refractivity contribution >= 4 is 34.0 Å². The summed E-state index contributed by atoms with van der Waals surface area (Å²) in [5.74, 6) is 1.44. The fourth-order valence-corrected chi connectivity index (χ4v) is 4.27. The Bertz CT molecular complexity index is 1380. The molecule has 4 aromatic rings. The van der Waals surface area contributed by atoms with E-state index in [1.165, 1.54) is 6.33 Å². The number of fused-ring (bicyclic) bond motifs is 1. The summed E-state index contributed by atoms with van der Waals surface area (Å²) in [4.78, 5) is 26.2. The number of benzene rings is 1. The number of aromatic nitrogens is 5. The molecule has 0 bridgehead atoms. The van der Waals surface area contributed by atoms with E-state index in [1.54, 1.807) is 13.0 Å². The van der Waals surface area contributed by atoms with Gasteiger partial charge in [0.25, 0.3) is 5.56 Å². The van der Waals surface area contributed by atoms with Gasteiger partial charge in [0.1, 0.15) is 23.5 Å². The highest BCUT2D eigenvalue weighted by Gasteiger charge is 2.31. The molecule has 0 radical (unpaired) electrons. The molecule has 5 rings (SSSR count). The Morgan fingerprint density at radius 3 is 2.84 bits per heavy atom. The van der Waals surface area contributed by atoms with Crippen LogP contribution in [0, 0.1) is 6.92 Å². The van der Waals surface area contributed by atoms with Crippen LogP contribution in [0.5, 0.6) is 0 Å². The molecule has 3 heterocycles. The van der Waals surface area contributed by atoms with Crippen molar-refractivity contribution in [3.63, 3.8) is 0 Å². The third-order valence-corrected chi connectivity index (χ3v) is 5.99. The summed E-state index contributed by atoms with van der Waals surface area (Å²) in [5.41, 5.74) is 7.41. The average molecular weight is 452 g/mol. The van der Waals surface area contributed by atoms with E-state index in [2.05, 4.69) is 25.4 Å². The van der Waals surface area contributed by atoms with Gasteiger partial charge in [0.15, 0.2) is 0 Å². The number of rotatable bonds is 6. The molecule has 1 aromatic carbocycles. The minimum Gasteiger partial charge on any atom is -0.383 e. The summed E-state index contributed by atoms with van der Waals surface area (Å²) in [5, 5.41) is 9.25. The first-order chi connectivity index (χ1) is 15.5. The van der Waals surface area contributed by atoms with Gasteiger partial charge in [0, 0.05) is 18.7 Å². The lowest BCUT2D eigenvalue weighted by molar-refractivity contribution is 0.394. The number of anilines is 2. The third kappa shape index (κ3) is 3.48. The van der Waals surface area contributed by atoms with Crippen molar-refractivity contribution in [1.29, 1.82) is 0 Å². The van der Waals surface area contributed by atoms with Crippen LogP contribution in [0.15, 0.2) is 39.9 Å². The molecular weight excluding hydrogens is 430 g/mol. The van der Waals surface area contributed by atoms with E-state index < -0.39 is 0 Å². The first-order valence-corrected chi connectivity index (χ1v) is 10.9. The van der Waals surface area contributed by atoms with Gasteiger partial charge in [0.2, 0.25) is 11.7 Å². The third-order valence-electron chi connectivity index (χ3n) is 5.68. The number of halogens is 1. The molecule has 3 N–H and O–H groups in total. The molecule has 0 aliphatic heterocycles. The lowest BCUT2D eigenvalue weighted by atomic mass is 10.0. The number of hydrogen-bond donors (Lipinski definition) is 2. The Morgan fingerprint density at radius 1 is 1.34 bits per heavy atom. The molecule has 1 unspecified atom stereocenters. The van der Waals surface area contributed by atoms with Gasteiger partial charge in [-0.05, 0) is 36.8 Å². The molecule has 0 amide bonds. The van der Waals surface area contributed by atoms with Gasteiger partial charge in [-0.1, -0.05) is 35.8 Å². The zero-order chi connectivity index (χ0) is 22.4. The van der Waals surface area contributed by atoms with Crippen LogP contribution in [-0.4, -0.2) is 24.7 Å². The summed E-state index contributed by atoms with van der Waals surface area (Å²) in [6, 6.07) is 7.50. The molecule has 0 saturated heterocycles. The number of nitrogens with zero attached hydrogens (tertiary/aromatic N) is 5. The van der Waals surface area contributed by atoms with Crippen molar-refractivity contribution in [3.05, 3.63) is 57.6 Å². The number of pyridine rings is 1. The molecule has 3 aromatic heterocycles. The summed E-state index contributed by atoms with van der Waals surface area (Å²) in [6.45, 7) is 3.75. The normalized spacial score (nSPS) is 14.6. The Hall–Kier alpha value is -3.46. The van der Waals surface area contributed by atoms with Crippen LogP contribution in [0.25, 0.3) is 22.2 Å². The number of aryl methyl sites for hydroxylation is 1. The van der Waals surface area contributed by atoms with E-state index in [4.69, 9.17) is 21.9 Å². The fraction of sp³-hybridized carbons (Fsp3) is 0.318. The van der Waals surface area contributed by atoms with E-state index in [-0.39, 0.29) is 23.5 Å². The summed E-state index contributed by atoms with van der Waals surface area (Å²) in [7, 11) is 0. The lowest BCUT2D eigenvalue weighted by Crippen LogP contribution is -2.27. The van der Waals surface area contributed by atoms with Crippen molar-refractivity contribution in [2.75, 3.05) is 11.1 Å². The standard InChI is InChI=1S/C22H22ClN7O2/c1-3-15(28-20-18(19(24)25-10-26-20)21-27-11(2)32-29-21)16-9-12-5-4-6-14(23)17(12)22(31)30(16)13-7-8-13/h4-6,9-10,13,15H,3,7-8H2,1-2H3,(H3,24,25,26,28). The van der Waals surface area contributed by atoms with Gasteiger partial charge in [-0.15, -0.1) is 0 Å². The fourth-order valence-electron chi connectivity index (χ4n) is 4.01. The second-order valence-corrected chi connectivity index (χ2v) is 8.31. The molecule has 1 fully saturated rings. The summed E-state index contributed by atoms with van der Waals surface area (Å²) >= 11 is 6.38. The summed E-state index contributed by atoms with van der Waals surface area (Å²) in [6.07, 6.45) is 4.02. The molecule has 1 aliphatic rings. The maximum Gasteiger partial charge on any atom is 0.260 e. The molecular formula is C22H22ClN7O2. The van der Waals surface area contributed by atoms with Crippen LogP contribution >= 0.6 is 11.6 Å². The molecule has 9 nitrogen and oxygen atoms in total. The molecule has 1 saturated carbocycles. The minimum atomic E-state index is -0.215. The highest BCUT2D eigenvalue weighted by molar-refractivity contribution is 6.35. The van der Waals surface area contributed by atoms with Crippen LogP contribution in [0.1, 0.15) is 49.9 Å². The maximum absolute atomic E-state index is 13.4. The van der Waals surface area contributed by atoms with Gasteiger partial charge in [-0.25, -0.2) is 9.97 Å². The largest absolute Gasteiger partial charge is 0.383 e. The maximum atomic E-state index is 13.4. The first-order valence-electron chi connectivity index (χ1n) is 10.5. The first kappa shape index (κ1) is 20.4. The monoisotopic (exact) mass is 451 g/mol. The topological polar surface area (TPSA) is 125 Å². The van der Waals surface area contributed by atoms with Crippen LogP contribution in [0.2, 0.25) is 5.02 Å². The SMILES string of the molecule is CCC(Nc1ncnc(N)c1-c1noc(C)n1)c1cc2cccc(Cl)c2c(=O)n1C1CC1. The van der Waals surface area contributed by atoms with Crippen molar-refractivity contribution in [2.24, 2.45) is 0 Å². The molecule has 1 atom stereocenters. The minimum absolute atomic E-state index is 0.0675. The van der Waals surface area contributed by atoms with Crippen LogP contribution < -0.4 is 16.6 Å². The van der Waals surface area contributed by atoms with Crippen LogP contribution in [0.3, 0.4) is 0 Å². The van der Waals surface area contributed by atoms with Gasteiger partial charge in [-0.2, -0.15) is 4.98 Å². The quantitative estimate of drug-likeness (QED) is 0.445. The average Bonchev–Trinajstić information content (AvgIpc) is 3.51. The van der Waals surface area contributed by atoms with Gasteiger partial charge in [0.05, 0.1) is 16.5 Å². The lowest BCUT2D eigenvalue weighted by Gasteiger charge is -2.24. The van der Waals surface area contributed by atoms with E-state index in [1.807, 2.05) is 29.7 Å². The molecule has 1 aliphatic carbocycles. The summed E-state index contributed by atoms with van der Waals surface area (Å²) < 4.78 is 6.99. The molecule has 32 heavy (non-hydrogen) atoms. The highest BCUT2D eigenvalue weighted by Crippen LogP contribution is 2.39. The highest BCUT2D eigenvalue weighted by atomic mass is 35.5. The Labute approximate surface area is 188 Å². The van der Waals surface area contributed by atoms with Crippen LogP contribution in [-0.2, 0) is 0 Å². The number of nitrogens with one attached hydrogen (secondary N) is 1. The van der Waals surface area contributed by atoms with E-state index in [0.717, 1.165) is 23.9 Å². The van der Waals surface area contributed by atoms with E-state index in [9.17, 15) is 4.79 Å². The smallest absolute Gasteiger partial charge is 0.260 e. The Morgan fingerprint density at radius 2 is 2.16 bits per heavy atom. The predicted octanol–water partition coefficient (Wildman–Crippen LogP) is 4.28. The second-order valence-electron chi connectivity index (χ2n) is 7.90. The number of nitrogen functional groups attached to an aromatic ring is 1. The zero-order valence-electron chi connectivity index (χ0n) is 17.7. The molecule has 0 spiro atoms. The van der Waals surface area contributed by atoms with E-state index >= 15 is 0 Å². The zero-order valence-corrected chi connectivity index (χ0v) is 18.4. The molecule has 164 valence electrons. The predicted molar refractivity (Wildman–Crippen MR) is 123 cm³/mol. The van der Waals surface area contributed by atoms with Gasteiger partial charge >= 0.3 is 0 Å². The van der Waals surface area contributed by atoms with E-state index in [0.29, 0.717) is 39.9 Å². The van der Waals surface area contributed by atoms with Crippen molar-refractivity contribution in [3.8, 4) is 11.4 Å². The number of hydrogen-bond acceptors (Lipinski definition) is 8. The second kappa shape index (κ2) is 7.90. The Balaban J connectivity index is 1.64. The van der Waals surface area contributed by atoms with Gasteiger partial charge in [-0.3, -0.25) is 4.79 Å². The Kier molecular flexibility index (Phi) is 5.05. The van der Waals surface area contributed by atoms with Gasteiger partial charge < -0.3 is 20.1 Å². The van der Waals surface area contributed by atoms with Crippen molar-refractivity contribution < 1.29 is 4.52 Å². The van der Waals surface area contributed by atoms with Crippen molar-refractivity contribution in [1.82, 2.24) is 24.7 Å². The van der Waals surface area contributed by atoms with Crippen molar-refractivity contribution in [2.45, 2.75) is 45.2 Å². The molecule has 10 heteroatoms. The number of nitrogens with two attached hydrogens (primary N) is 1.